The van der Waals surface area contributed by atoms with E-state index in [0.717, 1.165) is 42.7 Å². The molecule has 3 rings (SSSR count). The fraction of sp³-hybridized carbons (Fsp3) is 0.500. The SMILES string of the molecule is COc1cc(CNCCN2CCCCC2C)ccc1OCc1ccncc1. The van der Waals surface area contributed by atoms with Crippen LogP contribution in [-0.4, -0.2) is 42.7 Å². The lowest BCUT2D eigenvalue weighted by atomic mass is 10.0. The highest BCUT2D eigenvalue weighted by atomic mass is 16.5. The van der Waals surface area contributed by atoms with E-state index in [-0.39, 0.29) is 0 Å². The quantitative estimate of drug-likeness (QED) is 0.684. The summed E-state index contributed by atoms with van der Waals surface area (Å²) in [6, 6.07) is 10.8. The molecule has 1 atom stereocenters. The fourth-order valence-corrected chi connectivity index (χ4v) is 3.53. The average Bonchev–Trinajstić information content (AvgIpc) is 2.72. The number of nitrogens with one attached hydrogen (secondary N) is 1. The van der Waals surface area contributed by atoms with Gasteiger partial charge in [-0.15, -0.1) is 0 Å². The van der Waals surface area contributed by atoms with Crippen LogP contribution in [0.15, 0.2) is 42.7 Å². The van der Waals surface area contributed by atoms with Gasteiger partial charge in [-0.25, -0.2) is 0 Å². The summed E-state index contributed by atoms with van der Waals surface area (Å²) < 4.78 is 11.4. The van der Waals surface area contributed by atoms with Crippen LogP contribution in [0, 0.1) is 0 Å². The van der Waals surface area contributed by atoms with Crippen molar-refractivity contribution >= 4 is 0 Å². The Kier molecular flexibility index (Phi) is 7.48. The van der Waals surface area contributed by atoms with Gasteiger partial charge in [-0.3, -0.25) is 9.88 Å². The number of piperidine rings is 1. The Morgan fingerprint density at radius 2 is 1.96 bits per heavy atom. The minimum atomic E-state index is 0.504. The van der Waals surface area contributed by atoms with E-state index in [2.05, 4.69) is 34.3 Å². The molecule has 1 unspecified atom stereocenters. The maximum atomic E-state index is 5.91. The Labute approximate surface area is 162 Å². The molecule has 1 aromatic heterocycles. The van der Waals surface area contributed by atoms with Crippen LogP contribution in [-0.2, 0) is 13.2 Å². The molecule has 5 nitrogen and oxygen atoms in total. The zero-order valence-corrected chi connectivity index (χ0v) is 16.5. The molecule has 0 saturated carbocycles. The second kappa shape index (κ2) is 10.3. The van der Waals surface area contributed by atoms with E-state index < -0.39 is 0 Å². The molecule has 1 aliphatic heterocycles. The maximum Gasteiger partial charge on any atom is 0.161 e. The predicted molar refractivity (Wildman–Crippen MR) is 108 cm³/mol. The Balaban J connectivity index is 1.47. The van der Waals surface area contributed by atoms with Crippen molar-refractivity contribution in [1.82, 2.24) is 15.2 Å². The molecule has 5 heteroatoms. The molecule has 0 amide bonds. The normalized spacial score (nSPS) is 17.6. The minimum absolute atomic E-state index is 0.504. The van der Waals surface area contributed by atoms with Crippen molar-refractivity contribution in [1.29, 1.82) is 0 Å². The first kappa shape index (κ1) is 19.6. The van der Waals surface area contributed by atoms with Gasteiger partial charge in [0.05, 0.1) is 7.11 Å². The summed E-state index contributed by atoms with van der Waals surface area (Å²) >= 11 is 0. The van der Waals surface area contributed by atoms with Gasteiger partial charge in [-0.05, 0) is 61.7 Å². The highest BCUT2D eigenvalue weighted by Gasteiger charge is 2.17. The third kappa shape index (κ3) is 5.94. The van der Waals surface area contributed by atoms with Crippen molar-refractivity contribution in [3.05, 3.63) is 53.9 Å². The molecule has 27 heavy (non-hydrogen) atoms. The van der Waals surface area contributed by atoms with Gasteiger partial charge in [-0.2, -0.15) is 0 Å². The van der Waals surface area contributed by atoms with Crippen LogP contribution in [0.2, 0.25) is 0 Å². The largest absolute Gasteiger partial charge is 0.493 e. The molecule has 1 fully saturated rings. The van der Waals surface area contributed by atoms with Crippen LogP contribution in [0.4, 0.5) is 0 Å². The lowest BCUT2D eigenvalue weighted by Crippen LogP contribution is -2.41. The van der Waals surface area contributed by atoms with Crippen molar-refractivity contribution in [3.8, 4) is 11.5 Å². The lowest BCUT2D eigenvalue weighted by Gasteiger charge is -2.33. The smallest absolute Gasteiger partial charge is 0.161 e. The summed E-state index contributed by atoms with van der Waals surface area (Å²) in [5.41, 5.74) is 2.29. The van der Waals surface area contributed by atoms with Crippen molar-refractivity contribution in [2.45, 2.75) is 45.4 Å². The fourth-order valence-electron chi connectivity index (χ4n) is 3.53. The third-order valence-electron chi connectivity index (χ3n) is 5.22. The molecular formula is C22H31N3O2. The molecule has 146 valence electrons. The number of methoxy groups -OCH3 is 1. The molecule has 1 saturated heterocycles. The van der Waals surface area contributed by atoms with E-state index in [0.29, 0.717) is 6.61 Å². The summed E-state index contributed by atoms with van der Waals surface area (Å²) in [7, 11) is 1.68. The van der Waals surface area contributed by atoms with E-state index in [1.165, 1.54) is 31.4 Å². The first-order valence-electron chi connectivity index (χ1n) is 9.89. The average molecular weight is 370 g/mol. The van der Waals surface area contributed by atoms with E-state index in [1.807, 2.05) is 18.2 Å². The number of nitrogens with zero attached hydrogens (tertiary/aromatic N) is 2. The zero-order valence-electron chi connectivity index (χ0n) is 16.5. The minimum Gasteiger partial charge on any atom is -0.493 e. The number of hydrogen-bond donors (Lipinski definition) is 1. The van der Waals surface area contributed by atoms with Gasteiger partial charge in [0.25, 0.3) is 0 Å². The van der Waals surface area contributed by atoms with E-state index in [1.54, 1.807) is 19.5 Å². The molecule has 2 heterocycles. The first-order chi connectivity index (χ1) is 13.3. The van der Waals surface area contributed by atoms with Crippen LogP contribution < -0.4 is 14.8 Å². The Morgan fingerprint density at radius 3 is 2.74 bits per heavy atom. The van der Waals surface area contributed by atoms with Crippen molar-refractivity contribution < 1.29 is 9.47 Å². The number of ether oxygens (including phenoxy) is 2. The number of rotatable bonds is 9. The van der Waals surface area contributed by atoms with E-state index in [4.69, 9.17) is 9.47 Å². The Hall–Kier alpha value is -2.11. The van der Waals surface area contributed by atoms with Gasteiger partial charge in [-0.1, -0.05) is 12.5 Å². The number of hydrogen-bond acceptors (Lipinski definition) is 5. The topological polar surface area (TPSA) is 46.6 Å². The number of likely N-dealkylation sites (tertiary alicyclic amines) is 1. The Morgan fingerprint density at radius 1 is 1.11 bits per heavy atom. The van der Waals surface area contributed by atoms with Crippen molar-refractivity contribution in [2.24, 2.45) is 0 Å². The van der Waals surface area contributed by atoms with Crippen LogP contribution >= 0.6 is 0 Å². The summed E-state index contributed by atoms with van der Waals surface area (Å²) in [6.07, 6.45) is 7.59. The van der Waals surface area contributed by atoms with Gasteiger partial charge in [0.2, 0.25) is 0 Å². The summed E-state index contributed by atoms with van der Waals surface area (Å²) in [5.74, 6) is 1.54. The standard InChI is InChI=1S/C22H31N3O2/c1-18-5-3-4-13-25(18)14-12-24-16-20-6-7-21(22(15-20)26-2)27-17-19-8-10-23-11-9-19/h6-11,15,18,24H,3-5,12-14,16-17H2,1-2H3. The van der Waals surface area contributed by atoms with E-state index >= 15 is 0 Å². The third-order valence-corrected chi connectivity index (χ3v) is 5.22. The van der Waals surface area contributed by atoms with Crippen LogP contribution in [0.25, 0.3) is 0 Å². The molecule has 0 spiro atoms. The highest BCUT2D eigenvalue weighted by Crippen LogP contribution is 2.28. The summed E-state index contributed by atoms with van der Waals surface area (Å²) in [4.78, 5) is 6.62. The van der Waals surface area contributed by atoms with Gasteiger partial charge >= 0.3 is 0 Å². The monoisotopic (exact) mass is 369 g/mol. The number of benzene rings is 1. The second-order valence-electron chi connectivity index (χ2n) is 7.19. The molecule has 0 aliphatic carbocycles. The van der Waals surface area contributed by atoms with Crippen LogP contribution in [0.1, 0.15) is 37.3 Å². The lowest BCUT2D eigenvalue weighted by molar-refractivity contribution is 0.161. The van der Waals surface area contributed by atoms with Crippen LogP contribution in [0.5, 0.6) is 11.5 Å². The van der Waals surface area contributed by atoms with Gasteiger partial charge in [0, 0.05) is 38.1 Å². The molecule has 0 radical (unpaired) electrons. The molecule has 2 aromatic rings. The Bertz CT molecular complexity index is 693. The van der Waals surface area contributed by atoms with Gasteiger partial charge in [0.15, 0.2) is 11.5 Å². The molecule has 1 aromatic carbocycles. The van der Waals surface area contributed by atoms with Crippen molar-refractivity contribution in [3.63, 3.8) is 0 Å². The van der Waals surface area contributed by atoms with Crippen LogP contribution in [0.3, 0.4) is 0 Å². The molecule has 1 aliphatic rings. The highest BCUT2D eigenvalue weighted by molar-refractivity contribution is 5.43. The van der Waals surface area contributed by atoms with Crippen molar-refractivity contribution in [2.75, 3.05) is 26.7 Å². The molecule has 1 N–H and O–H groups in total. The number of pyridine rings is 1. The van der Waals surface area contributed by atoms with Gasteiger partial charge in [0.1, 0.15) is 6.61 Å². The molecular weight excluding hydrogens is 338 g/mol. The second-order valence-corrected chi connectivity index (χ2v) is 7.19. The van der Waals surface area contributed by atoms with E-state index in [9.17, 15) is 0 Å². The summed E-state index contributed by atoms with van der Waals surface area (Å²) in [6.45, 7) is 7.04. The predicted octanol–water partition coefficient (Wildman–Crippen LogP) is 3.63. The number of aromatic nitrogens is 1. The molecule has 0 bridgehead atoms. The zero-order chi connectivity index (χ0) is 18.9. The van der Waals surface area contributed by atoms with Gasteiger partial charge < -0.3 is 14.8 Å². The summed E-state index contributed by atoms with van der Waals surface area (Å²) in [5, 5.41) is 3.55. The maximum absolute atomic E-state index is 5.91. The first-order valence-corrected chi connectivity index (χ1v) is 9.89.